The van der Waals surface area contributed by atoms with Crippen LogP contribution in [0.2, 0.25) is 0 Å². The van der Waals surface area contributed by atoms with Gasteiger partial charge in [0.25, 0.3) is 5.91 Å². The first-order valence-corrected chi connectivity index (χ1v) is 6.12. The number of phenols is 1. The van der Waals surface area contributed by atoms with Crippen LogP contribution < -0.4 is 0 Å². The van der Waals surface area contributed by atoms with E-state index in [1.54, 1.807) is 17.0 Å². The fourth-order valence-electron chi connectivity index (χ4n) is 1.59. The second-order valence-electron chi connectivity index (χ2n) is 3.57. The molecule has 0 aromatic heterocycles. The lowest BCUT2D eigenvalue weighted by atomic mass is 10.2. The summed E-state index contributed by atoms with van der Waals surface area (Å²) in [4.78, 5) is 13.8. The fourth-order valence-corrected chi connectivity index (χ4v) is 1.93. The van der Waals surface area contributed by atoms with Crippen LogP contribution in [0.1, 0.15) is 10.4 Å². The number of hydrogen-bond acceptors (Lipinski definition) is 3. The van der Waals surface area contributed by atoms with Crippen LogP contribution in [0.4, 0.5) is 0 Å². The number of hydrogen-bond donors (Lipinski definition) is 1. The van der Waals surface area contributed by atoms with Crippen molar-refractivity contribution in [2.75, 3.05) is 26.3 Å². The molecule has 1 aromatic carbocycles. The molecule has 0 unspecified atom stereocenters. The van der Waals surface area contributed by atoms with E-state index in [1.807, 2.05) is 22.6 Å². The molecule has 0 saturated carbocycles. The molecule has 4 nitrogen and oxygen atoms in total. The van der Waals surface area contributed by atoms with Crippen LogP contribution in [0.5, 0.6) is 5.75 Å². The van der Waals surface area contributed by atoms with Gasteiger partial charge in [-0.15, -0.1) is 0 Å². The highest BCUT2D eigenvalue weighted by molar-refractivity contribution is 14.1. The summed E-state index contributed by atoms with van der Waals surface area (Å²) in [6.07, 6.45) is 0. The number of nitrogens with zero attached hydrogens (tertiary/aromatic N) is 1. The number of carbonyl (C=O) groups excluding carboxylic acids is 1. The third-order valence-electron chi connectivity index (χ3n) is 2.49. The molecule has 2 rings (SSSR count). The van der Waals surface area contributed by atoms with Crippen molar-refractivity contribution < 1.29 is 14.6 Å². The lowest BCUT2D eigenvalue weighted by molar-refractivity contribution is 0.0302. The van der Waals surface area contributed by atoms with Crippen LogP contribution in [-0.2, 0) is 4.74 Å². The molecule has 16 heavy (non-hydrogen) atoms. The van der Waals surface area contributed by atoms with Gasteiger partial charge in [-0.1, -0.05) is 0 Å². The highest BCUT2D eigenvalue weighted by Gasteiger charge is 2.18. The zero-order chi connectivity index (χ0) is 11.5. The Bertz CT molecular complexity index is 402. The molecule has 1 aliphatic rings. The summed E-state index contributed by atoms with van der Waals surface area (Å²) in [5.74, 6) is 0.106. The predicted molar refractivity (Wildman–Crippen MR) is 67.5 cm³/mol. The Morgan fingerprint density at radius 1 is 1.38 bits per heavy atom. The normalized spacial score (nSPS) is 16.2. The molecule has 1 saturated heterocycles. The second-order valence-corrected chi connectivity index (χ2v) is 4.73. The monoisotopic (exact) mass is 333 g/mol. The smallest absolute Gasteiger partial charge is 0.254 e. The van der Waals surface area contributed by atoms with E-state index in [9.17, 15) is 9.90 Å². The number of benzene rings is 1. The molecule has 5 heteroatoms. The molecule has 0 spiro atoms. The molecule has 86 valence electrons. The van der Waals surface area contributed by atoms with Crippen molar-refractivity contribution in [1.29, 1.82) is 0 Å². The Hall–Kier alpha value is -0.820. The summed E-state index contributed by atoms with van der Waals surface area (Å²) in [6.45, 7) is 2.40. The van der Waals surface area contributed by atoms with Gasteiger partial charge in [-0.05, 0) is 40.8 Å². The van der Waals surface area contributed by atoms with E-state index in [-0.39, 0.29) is 11.7 Å². The molecule has 0 atom stereocenters. The zero-order valence-electron chi connectivity index (χ0n) is 8.65. The first-order chi connectivity index (χ1) is 7.68. The minimum atomic E-state index is -0.0463. The van der Waals surface area contributed by atoms with Gasteiger partial charge in [-0.25, -0.2) is 0 Å². The van der Waals surface area contributed by atoms with E-state index in [0.717, 1.165) is 3.57 Å². The van der Waals surface area contributed by atoms with Crippen molar-refractivity contribution in [1.82, 2.24) is 4.90 Å². The number of morpholine rings is 1. The van der Waals surface area contributed by atoms with Gasteiger partial charge >= 0.3 is 0 Å². The Labute approximate surface area is 107 Å². The molecule has 0 bridgehead atoms. The summed E-state index contributed by atoms with van der Waals surface area (Å²) in [5, 5.41) is 9.54. The molecule has 0 aliphatic carbocycles. The van der Waals surface area contributed by atoms with Crippen LogP contribution in [0.3, 0.4) is 0 Å². The first-order valence-electron chi connectivity index (χ1n) is 5.04. The summed E-state index contributed by atoms with van der Waals surface area (Å²) in [7, 11) is 0. The second kappa shape index (κ2) is 5.01. The first kappa shape index (κ1) is 11.7. The van der Waals surface area contributed by atoms with Crippen molar-refractivity contribution in [3.05, 3.63) is 27.3 Å². The third-order valence-corrected chi connectivity index (χ3v) is 3.40. The predicted octanol–water partition coefficient (Wildman–Crippen LogP) is 1.47. The van der Waals surface area contributed by atoms with Crippen LogP contribution in [0.15, 0.2) is 18.2 Å². The number of ether oxygens (including phenoxy) is 1. The lowest BCUT2D eigenvalue weighted by Gasteiger charge is -2.26. The van der Waals surface area contributed by atoms with Gasteiger partial charge in [0, 0.05) is 18.7 Å². The minimum Gasteiger partial charge on any atom is -0.507 e. The maximum absolute atomic E-state index is 12.0. The van der Waals surface area contributed by atoms with Crippen LogP contribution in [0.25, 0.3) is 0 Å². The van der Waals surface area contributed by atoms with E-state index in [0.29, 0.717) is 31.9 Å². The van der Waals surface area contributed by atoms with Crippen molar-refractivity contribution in [2.45, 2.75) is 0 Å². The average molecular weight is 333 g/mol. The molecule has 1 aliphatic heterocycles. The van der Waals surface area contributed by atoms with Crippen molar-refractivity contribution in [3.8, 4) is 5.75 Å². The van der Waals surface area contributed by atoms with Crippen LogP contribution in [-0.4, -0.2) is 42.2 Å². The Morgan fingerprint density at radius 3 is 2.69 bits per heavy atom. The largest absolute Gasteiger partial charge is 0.507 e. The Balaban J connectivity index is 2.16. The summed E-state index contributed by atoms with van der Waals surface area (Å²) >= 11 is 2.02. The molecular weight excluding hydrogens is 321 g/mol. The van der Waals surface area contributed by atoms with Gasteiger partial charge < -0.3 is 14.7 Å². The fraction of sp³-hybridized carbons (Fsp3) is 0.364. The maximum Gasteiger partial charge on any atom is 0.254 e. The summed E-state index contributed by atoms with van der Waals surface area (Å²) in [5.41, 5.74) is 0.528. The third kappa shape index (κ3) is 2.46. The number of rotatable bonds is 1. The SMILES string of the molecule is O=C(c1ccc(I)c(O)c1)N1CCOCC1. The van der Waals surface area contributed by atoms with Gasteiger partial charge in [-0.2, -0.15) is 0 Å². The summed E-state index contributed by atoms with van der Waals surface area (Å²) < 4.78 is 5.93. The van der Waals surface area contributed by atoms with Gasteiger partial charge in [0.15, 0.2) is 0 Å². The number of carbonyl (C=O) groups is 1. The van der Waals surface area contributed by atoms with Gasteiger partial charge in [0.2, 0.25) is 0 Å². The van der Waals surface area contributed by atoms with E-state index in [1.165, 1.54) is 6.07 Å². The van der Waals surface area contributed by atoms with Crippen LogP contribution in [0, 0.1) is 3.57 Å². The average Bonchev–Trinajstić information content (AvgIpc) is 2.33. The van der Waals surface area contributed by atoms with Gasteiger partial charge in [0.05, 0.1) is 16.8 Å². The number of phenolic OH excluding ortho intramolecular Hbond substituents is 1. The highest BCUT2D eigenvalue weighted by atomic mass is 127. The standard InChI is InChI=1S/C11H12INO3/c12-9-2-1-8(7-10(9)14)11(15)13-3-5-16-6-4-13/h1-2,7,14H,3-6H2. The maximum atomic E-state index is 12.0. The minimum absolute atomic E-state index is 0.0463. The molecular formula is C11H12INO3. The van der Waals surface area contributed by atoms with E-state index >= 15 is 0 Å². The van der Waals surface area contributed by atoms with Crippen molar-refractivity contribution in [2.24, 2.45) is 0 Å². The highest BCUT2D eigenvalue weighted by Crippen LogP contribution is 2.21. The lowest BCUT2D eigenvalue weighted by Crippen LogP contribution is -2.40. The number of aromatic hydroxyl groups is 1. The zero-order valence-corrected chi connectivity index (χ0v) is 10.8. The van der Waals surface area contributed by atoms with Gasteiger partial charge in [0.1, 0.15) is 5.75 Å². The van der Waals surface area contributed by atoms with Gasteiger partial charge in [-0.3, -0.25) is 4.79 Å². The molecule has 1 aromatic rings. The topological polar surface area (TPSA) is 49.8 Å². The van der Waals surface area contributed by atoms with Crippen molar-refractivity contribution in [3.63, 3.8) is 0 Å². The van der Waals surface area contributed by atoms with E-state index in [2.05, 4.69) is 0 Å². The molecule has 1 N–H and O–H groups in total. The van der Waals surface area contributed by atoms with Crippen LogP contribution >= 0.6 is 22.6 Å². The molecule has 0 radical (unpaired) electrons. The molecule has 1 amide bonds. The quantitative estimate of drug-likeness (QED) is 0.792. The number of amides is 1. The van der Waals surface area contributed by atoms with E-state index < -0.39 is 0 Å². The molecule has 1 heterocycles. The van der Waals surface area contributed by atoms with Crippen molar-refractivity contribution >= 4 is 28.5 Å². The number of halogens is 1. The summed E-state index contributed by atoms with van der Waals surface area (Å²) in [6, 6.07) is 4.99. The molecule has 1 fully saturated rings. The Morgan fingerprint density at radius 2 is 2.06 bits per heavy atom. The Kier molecular flexibility index (Phi) is 3.65. The van der Waals surface area contributed by atoms with E-state index in [4.69, 9.17) is 4.74 Å².